The third-order valence-corrected chi connectivity index (χ3v) is 2.40. The Hall–Kier alpha value is -0.310. The minimum atomic E-state index is -1.94. The number of hydrogen-bond donors (Lipinski definition) is 0. The highest BCUT2D eigenvalue weighted by Gasteiger charge is 1.95. The van der Waals surface area contributed by atoms with Gasteiger partial charge in [-0.3, -0.25) is 0 Å². The molecule has 0 spiro atoms. The minimum Gasteiger partial charge on any atom is -0.185 e. The molecule has 0 amide bonds. The average molecular weight is 162 g/mol. The average Bonchev–Trinajstić information content (AvgIpc) is 1.89. The van der Waals surface area contributed by atoms with Gasteiger partial charge in [-0.1, -0.05) is 20.3 Å². The topological polar surface area (TPSA) is 34.1 Å². The molecule has 0 aliphatic rings. The van der Waals surface area contributed by atoms with Gasteiger partial charge in [0.1, 0.15) is 0 Å². The monoisotopic (exact) mass is 162 g/mol. The molecule has 0 aliphatic carbocycles. The molecule has 0 N–H and O–H groups in total. The predicted molar refractivity (Wildman–Crippen MR) is 43.7 cm³/mol. The van der Waals surface area contributed by atoms with E-state index in [-0.39, 0.29) is 0 Å². The Balaban J connectivity index is 3.99. The third-order valence-electron chi connectivity index (χ3n) is 1.44. The van der Waals surface area contributed by atoms with Gasteiger partial charge in [0.05, 0.1) is 0 Å². The summed E-state index contributed by atoms with van der Waals surface area (Å²) >= 11 is 0. The second kappa shape index (κ2) is 5.47. The van der Waals surface area contributed by atoms with Crippen LogP contribution in [-0.4, -0.2) is 13.3 Å². The summed E-state index contributed by atoms with van der Waals surface area (Å²) in [5.41, 5.74) is 0. The Morgan fingerprint density at radius 2 is 1.90 bits per heavy atom. The van der Waals surface area contributed by atoms with E-state index in [2.05, 4.69) is 6.92 Å². The molecule has 0 aromatic carbocycles. The van der Waals surface area contributed by atoms with Gasteiger partial charge in [-0.2, -0.15) is 8.42 Å². The van der Waals surface area contributed by atoms with Crippen molar-refractivity contribution in [1.29, 1.82) is 0 Å². The molecule has 0 saturated carbocycles. The molecular weight excluding hydrogens is 148 g/mol. The van der Waals surface area contributed by atoms with Crippen LogP contribution < -0.4 is 0 Å². The van der Waals surface area contributed by atoms with Crippen LogP contribution in [0.4, 0.5) is 0 Å². The predicted octanol–water partition coefficient (Wildman–Crippen LogP) is 1.64. The van der Waals surface area contributed by atoms with E-state index in [4.69, 9.17) is 0 Å². The molecule has 0 radical (unpaired) electrons. The number of unbranched alkanes of at least 4 members (excludes halogenated alkanes) is 1. The summed E-state index contributed by atoms with van der Waals surface area (Å²) in [6, 6.07) is 0. The highest BCUT2D eigenvalue weighted by Crippen LogP contribution is 1.98. The highest BCUT2D eigenvalue weighted by atomic mass is 32.2. The Morgan fingerprint density at radius 3 is 2.20 bits per heavy atom. The zero-order valence-electron chi connectivity index (χ0n) is 6.55. The third kappa shape index (κ3) is 3.67. The fourth-order valence-corrected chi connectivity index (χ4v) is 1.30. The van der Waals surface area contributed by atoms with Crippen LogP contribution in [0.15, 0.2) is 0 Å². The largest absolute Gasteiger partial charge is 0.213 e. The zero-order chi connectivity index (χ0) is 7.98. The lowest BCUT2D eigenvalue weighted by molar-refractivity contribution is 0.626. The first-order valence-corrected chi connectivity index (χ1v) is 4.73. The van der Waals surface area contributed by atoms with Gasteiger partial charge in [0.2, 0.25) is 10.3 Å². The highest BCUT2D eigenvalue weighted by molar-refractivity contribution is 7.72. The van der Waals surface area contributed by atoms with Crippen LogP contribution in [0.25, 0.3) is 0 Å². The lowest BCUT2D eigenvalue weighted by Crippen LogP contribution is -1.96. The van der Waals surface area contributed by atoms with Crippen molar-refractivity contribution in [1.82, 2.24) is 0 Å². The molecule has 0 saturated heterocycles. The Labute approximate surface area is 63.8 Å². The summed E-state index contributed by atoms with van der Waals surface area (Å²) in [4.78, 5) is 0.654. The first-order valence-electron chi connectivity index (χ1n) is 3.66. The van der Waals surface area contributed by atoms with E-state index in [0.717, 1.165) is 19.3 Å². The summed E-state index contributed by atoms with van der Waals surface area (Å²) in [6.07, 6.45) is 3.44. The molecule has 0 heterocycles. The first-order chi connectivity index (χ1) is 4.72. The molecule has 0 aromatic heterocycles. The van der Waals surface area contributed by atoms with Crippen LogP contribution in [0.1, 0.15) is 39.5 Å². The van der Waals surface area contributed by atoms with Crippen molar-refractivity contribution in [2.24, 2.45) is 0 Å². The van der Waals surface area contributed by atoms with Gasteiger partial charge in [-0.25, -0.2) is 0 Å². The van der Waals surface area contributed by atoms with E-state index in [0.29, 0.717) is 11.3 Å². The Morgan fingerprint density at radius 1 is 1.30 bits per heavy atom. The molecule has 0 rings (SSSR count). The van der Waals surface area contributed by atoms with Crippen molar-refractivity contribution >= 4 is 15.2 Å². The van der Waals surface area contributed by atoms with Crippen molar-refractivity contribution in [3.63, 3.8) is 0 Å². The lowest BCUT2D eigenvalue weighted by atomic mass is 10.2. The van der Waals surface area contributed by atoms with Crippen LogP contribution in [-0.2, 0) is 10.3 Å². The maximum Gasteiger partial charge on any atom is 0.213 e. The van der Waals surface area contributed by atoms with Crippen LogP contribution in [0.5, 0.6) is 0 Å². The van der Waals surface area contributed by atoms with Gasteiger partial charge >= 0.3 is 0 Å². The van der Waals surface area contributed by atoms with Crippen LogP contribution >= 0.6 is 0 Å². The maximum atomic E-state index is 10.4. The van der Waals surface area contributed by atoms with E-state index < -0.39 is 10.3 Å². The smallest absolute Gasteiger partial charge is 0.185 e. The molecular formula is C7H14O2S. The molecule has 2 nitrogen and oxygen atoms in total. The second-order valence-electron chi connectivity index (χ2n) is 2.23. The van der Waals surface area contributed by atoms with Gasteiger partial charge in [-0.15, -0.1) is 0 Å². The molecule has 3 heteroatoms. The molecule has 0 atom stereocenters. The van der Waals surface area contributed by atoms with Crippen molar-refractivity contribution in [3.8, 4) is 0 Å². The van der Waals surface area contributed by atoms with E-state index in [1.807, 2.05) is 6.92 Å². The molecule has 60 valence electrons. The van der Waals surface area contributed by atoms with Gasteiger partial charge in [0.25, 0.3) is 0 Å². The lowest BCUT2D eigenvalue weighted by Gasteiger charge is -1.94. The summed E-state index contributed by atoms with van der Waals surface area (Å²) in [7, 11) is -1.94. The van der Waals surface area contributed by atoms with Crippen LogP contribution in [0.2, 0.25) is 0 Å². The normalized spacial score (nSPS) is 9.40. The molecule has 0 aromatic rings. The summed E-state index contributed by atoms with van der Waals surface area (Å²) in [6.45, 7) is 3.93. The molecule has 10 heavy (non-hydrogen) atoms. The van der Waals surface area contributed by atoms with Crippen molar-refractivity contribution in [2.75, 3.05) is 0 Å². The Bertz CT molecular complexity index is 194. The zero-order valence-corrected chi connectivity index (χ0v) is 7.37. The van der Waals surface area contributed by atoms with E-state index in [1.54, 1.807) is 0 Å². The Kier molecular flexibility index (Phi) is 5.30. The summed E-state index contributed by atoms with van der Waals surface area (Å²) in [5, 5.41) is 0. The number of rotatable bonds is 4. The fourth-order valence-electron chi connectivity index (χ4n) is 0.752. The maximum absolute atomic E-state index is 10.4. The van der Waals surface area contributed by atoms with Gasteiger partial charge in [-0.05, 0) is 19.3 Å². The second-order valence-corrected chi connectivity index (χ2v) is 3.28. The minimum absolute atomic E-state index is 0.654. The molecule has 0 bridgehead atoms. The van der Waals surface area contributed by atoms with E-state index in [1.165, 1.54) is 0 Å². The molecule has 0 aliphatic heterocycles. The van der Waals surface area contributed by atoms with Crippen LogP contribution in [0, 0.1) is 0 Å². The van der Waals surface area contributed by atoms with Crippen molar-refractivity contribution < 1.29 is 8.42 Å². The van der Waals surface area contributed by atoms with Crippen LogP contribution in [0.3, 0.4) is 0 Å². The van der Waals surface area contributed by atoms with Gasteiger partial charge < -0.3 is 0 Å². The SMILES string of the molecule is CCCCC(CC)=S(=O)=O. The standard InChI is InChI=1S/C7H14O2S/c1-3-5-6-7(4-2)10(8)9/h3-6H2,1-2H3. The fraction of sp³-hybridized carbons (Fsp3) is 0.857. The van der Waals surface area contributed by atoms with Crippen molar-refractivity contribution in [3.05, 3.63) is 0 Å². The van der Waals surface area contributed by atoms with E-state index in [9.17, 15) is 8.42 Å². The summed E-state index contributed by atoms with van der Waals surface area (Å²) in [5.74, 6) is 0. The van der Waals surface area contributed by atoms with Gasteiger partial charge in [0, 0.05) is 4.86 Å². The first kappa shape index (κ1) is 9.69. The molecule has 0 fully saturated rings. The molecule has 0 unspecified atom stereocenters. The van der Waals surface area contributed by atoms with Crippen molar-refractivity contribution in [2.45, 2.75) is 39.5 Å². The van der Waals surface area contributed by atoms with Gasteiger partial charge in [0.15, 0.2) is 0 Å². The van der Waals surface area contributed by atoms with E-state index >= 15 is 0 Å². The quantitative estimate of drug-likeness (QED) is 0.589. The number of hydrogen-bond acceptors (Lipinski definition) is 2. The summed E-state index contributed by atoms with van der Waals surface area (Å²) < 4.78 is 20.8.